The monoisotopic (exact) mass is 329 g/mol. The van der Waals surface area contributed by atoms with Crippen LogP contribution in [0.4, 0.5) is 5.69 Å². The highest BCUT2D eigenvalue weighted by atomic mass is 35.5. The lowest BCUT2D eigenvalue weighted by molar-refractivity contribution is 0.413. The largest absolute Gasteiger partial charge is 0.496 e. The van der Waals surface area contributed by atoms with Gasteiger partial charge in [-0.3, -0.25) is 0 Å². The van der Waals surface area contributed by atoms with E-state index >= 15 is 0 Å². The Morgan fingerprint density at radius 2 is 1.96 bits per heavy atom. The van der Waals surface area contributed by atoms with E-state index in [4.69, 9.17) is 20.8 Å². The summed E-state index contributed by atoms with van der Waals surface area (Å²) < 4.78 is 11.0. The van der Waals surface area contributed by atoms with Crippen molar-refractivity contribution >= 4 is 17.3 Å². The summed E-state index contributed by atoms with van der Waals surface area (Å²) in [7, 11) is 1.61. The van der Waals surface area contributed by atoms with Crippen LogP contribution in [-0.4, -0.2) is 17.3 Å². The third kappa shape index (κ3) is 3.29. The smallest absolute Gasteiger partial charge is 0.251 e. The Kier molecular flexibility index (Phi) is 4.48. The van der Waals surface area contributed by atoms with Gasteiger partial charge in [-0.15, -0.1) is 10.2 Å². The number of aryl methyl sites for hydroxylation is 1. The lowest BCUT2D eigenvalue weighted by atomic mass is 10.2. The van der Waals surface area contributed by atoms with Gasteiger partial charge in [-0.25, -0.2) is 0 Å². The summed E-state index contributed by atoms with van der Waals surface area (Å²) >= 11 is 6.25. The summed E-state index contributed by atoms with van der Waals surface area (Å²) in [6.45, 7) is 2.35. The number of aromatic nitrogens is 2. The molecule has 1 heterocycles. The Balaban J connectivity index is 1.76. The highest BCUT2D eigenvalue weighted by molar-refractivity contribution is 6.33. The Bertz CT molecular complexity index is 817. The first-order chi connectivity index (χ1) is 11.2. The molecule has 0 aliphatic heterocycles. The predicted molar refractivity (Wildman–Crippen MR) is 89.8 cm³/mol. The molecule has 23 heavy (non-hydrogen) atoms. The van der Waals surface area contributed by atoms with E-state index in [0.717, 1.165) is 16.8 Å². The first kappa shape index (κ1) is 15.4. The molecule has 6 heteroatoms. The third-order valence-corrected chi connectivity index (χ3v) is 3.93. The summed E-state index contributed by atoms with van der Waals surface area (Å²) in [5.74, 6) is 1.59. The molecule has 0 saturated heterocycles. The number of benzene rings is 2. The van der Waals surface area contributed by atoms with Crippen LogP contribution < -0.4 is 10.1 Å². The van der Waals surface area contributed by atoms with Crippen molar-refractivity contribution in [3.63, 3.8) is 0 Å². The molecule has 0 unspecified atom stereocenters. The van der Waals surface area contributed by atoms with E-state index in [9.17, 15) is 0 Å². The first-order valence-corrected chi connectivity index (χ1v) is 7.51. The van der Waals surface area contributed by atoms with Crippen molar-refractivity contribution in [3.8, 4) is 17.2 Å². The second-order valence-corrected chi connectivity index (χ2v) is 5.37. The second kappa shape index (κ2) is 6.71. The number of para-hydroxylation sites is 1. The zero-order valence-corrected chi connectivity index (χ0v) is 13.6. The fourth-order valence-electron chi connectivity index (χ4n) is 2.21. The maximum Gasteiger partial charge on any atom is 0.251 e. The van der Waals surface area contributed by atoms with Crippen molar-refractivity contribution < 1.29 is 9.15 Å². The van der Waals surface area contributed by atoms with E-state index in [2.05, 4.69) is 15.5 Å². The minimum absolute atomic E-state index is 0.394. The van der Waals surface area contributed by atoms with E-state index < -0.39 is 0 Å². The second-order valence-electron chi connectivity index (χ2n) is 4.99. The van der Waals surface area contributed by atoms with Gasteiger partial charge in [0.25, 0.3) is 5.89 Å². The Morgan fingerprint density at radius 1 is 1.13 bits per heavy atom. The molecule has 0 saturated carbocycles. The van der Waals surface area contributed by atoms with Crippen LogP contribution in [0.5, 0.6) is 5.75 Å². The van der Waals surface area contributed by atoms with Gasteiger partial charge in [-0.05, 0) is 30.7 Å². The molecule has 3 aromatic rings. The van der Waals surface area contributed by atoms with Crippen LogP contribution in [0, 0.1) is 6.92 Å². The van der Waals surface area contributed by atoms with E-state index in [-0.39, 0.29) is 0 Å². The van der Waals surface area contributed by atoms with E-state index in [1.54, 1.807) is 7.11 Å². The maximum absolute atomic E-state index is 6.25. The Labute approximate surface area is 139 Å². The SMILES string of the molecule is COc1ccccc1-c1nnc(CNc2cccc(C)c2Cl)o1. The molecule has 0 bridgehead atoms. The number of hydrogen-bond donors (Lipinski definition) is 1. The topological polar surface area (TPSA) is 60.2 Å². The molecule has 1 aromatic heterocycles. The van der Waals surface area contributed by atoms with Gasteiger partial charge < -0.3 is 14.5 Å². The molecule has 0 aliphatic rings. The van der Waals surface area contributed by atoms with Gasteiger partial charge in [0, 0.05) is 0 Å². The fourth-order valence-corrected chi connectivity index (χ4v) is 2.40. The molecule has 0 spiro atoms. The van der Waals surface area contributed by atoms with Gasteiger partial charge in [0.15, 0.2) is 0 Å². The molecule has 0 fully saturated rings. The molecule has 5 nitrogen and oxygen atoms in total. The van der Waals surface area contributed by atoms with Crippen LogP contribution in [0.15, 0.2) is 46.9 Å². The lowest BCUT2D eigenvalue weighted by Gasteiger charge is -2.07. The molecule has 118 valence electrons. The van der Waals surface area contributed by atoms with E-state index in [0.29, 0.717) is 29.1 Å². The van der Waals surface area contributed by atoms with Crippen molar-refractivity contribution in [1.82, 2.24) is 10.2 Å². The minimum atomic E-state index is 0.394. The zero-order valence-electron chi connectivity index (χ0n) is 12.8. The van der Waals surface area contributed by atoms with Crippen molar-refractivity contribution in [1.29, 1.82) is 0 Å². The summed E-state index contributed by atoms with van der Waals surface area (Å²) in [5, 5.41) is 12.0. The van der Waals surface area contributed by atoms with Crippen molar-refractivity contribution in [2.75, 3.05) is 12.4 Å². The van der Waals surface area contributed by atoms with Crippen LogP contribution in [0.1, 0.15) is 11.5 Å². The first-order valence-electron chi connectivity index (χ1n) is 7.14. The molecule has 2 aromatic carbocycles. The fraction of sp³-hybridized carbons (Fsp3) is 0.176. The van der Waals surface area contributed by atoms with Crippen LogP contribution in [-0.2, 0) is 6.54 Å². The molecular weight excluding hydrogens is 314 g/mol. The highest BCUT2D eigenvalue weighted by Gasteiger charge is 2.13. The van der Waals surface area contributed by atoms with Crippen molar-refractivity contribution in [3.05, 3.63) is 58.9 Å². The van der Waals surface area contributed by atoms with Crippen LogP contribution >= 0.6 is 11.6 Å². The summed E-state index contributed by atoms with van der Waals surface area (Å²) in [6.07, 6.45) is 0. The summed E-state index contributed by atoms with van der Waals surface area (Å²) in [4.78, 5) is 0. The number of rotatable bonds is 5. The van der Waals surface area contributed by atoms with Crippen molar-refractivity contribution in [2.45, 2.75) is 13.5 Å². The molecule has 0 aliphatic carbocycles. The van der Waals surface area contributed by atoms with Crippen LogP contribution in [0.25, 0.3) is 11.5 Å². The summed E-state index contributed by atoms with van der Waals surface area (Å²) in [5.41, 5.74) is 2.61. The molecule has 3 rings (SSSR count). The number of halogens is 1. The minimum Gasteiger partial charge on any atom is -0.496 e. The molecular formula is C17H16ClN3O2. The molecule has 0 amide bonds. The number of anilines is 1. The average Bonchev–Trinajstić information content (AvgIpc) is 3.05. The number of methoxy groups -OCH3 is 1. The van der Waals surface area contributed by atoms with Gasteiger partial charge in [0.05, 0.1) is 29.9 Å². The number of nitrogens with one attached hydrogen (secondary N) is 1. The van der Waals surface area contributed by atoms with E-state index in [1.807, 2.05) is 49.4 Å². The van der Waals surface area contributed by atoms with Gasteiger partial charge >= 0.3 is 0 Å². The normalized spacial score (nSPS) is 10.6. The Hall–Kier alpha value is -2.53. The van der Waals surface area contributed by atoms with Gasteiger partial charge in [-0.2, -0.15) is 0 Å². The maximum atomic E-state index is 6.25. The number of hydrogen-bond acceptors (Lipinski definition) is 5. The quantitative estimate of drug-likeness (QED) is 0.755. The Morgan fingerprint density at radius 3 is 2.78 bits per heavy atom. The van der Waals surface area contributed by atoms with Crippen LogP contribution in [0.2, 0.25) is 5.02 Å². The highest BCUT2D eigenvalue weighted by Crippen LogP contribution is 2.29. The van der Waals surface area contributed by atoms with Crippen molar-refractivity contribution in [2.24, 2.45) is 0 Å². The molecule has 0 atom stereocenters. The predicted octanol–water partition coefficient (Wildman–Crippen LogP) is 4.32. The third-order valence-electron chi connectivity index (χ3n) is 3.43. The molecule has 1 N–H and O–H groups in total. The standard InChI is InChI=1S/C17H16ClN3O2/c1-11-6-5-8-13(16(11)18)19-10-15-20-21-17(23-15)12-7-3-4-9-14(12)22-2/h3-9,19H,10H2,1-2H3. The lowest BCUT2D eigenvalue weighted by Crippen LogP contribution is -2.00. The zero-order chi connectivity index (χ0) is 16.2. The number of nitrogens with zero attached hydrogens (tertiary/aromatic N) is 2. The average molecular weight is 330 g/mol. The van der Waals surface area contributed by atoms with Gasteiger partial charge in [-0.1, -0.05) is 35.9 Å². The number of ether oxygens (including phenoxy) is 1. The van der Waals surface area contributed by atoms with E-state index in [1.165, 1.54) is 0 Å². The van der Waals surface area contributed by atoms with Crippen LogP contribution in [0.3, 0.4) is 0 Å². The van der Waals surface area contributed by atoms with Gasteiger partial charge in [0.2, 0.25) is 5.89 Å². The molecule has 0 radical (unpaired) electrons. The summed E-state index contributed by atoms with van der Waals surface area (Å²) in [6, 6.07) is 13.3. The van der Waals surface area contributed by atoms with Gasteiger partial charge in [0.1, 0.15) is 5.75 Å².